The summed E-state index contributed by atoms with van der Waals surface area (Å²) >= 11 is 0.994. The first-order valence-corrected chi connectivity index (χ1v) is 13.4. The summed E-state index contributed by atoms with van der Waals surface area (Å²) in [5.41, 5.74) is -3.59. The zero-order chi connectivity index (χ0) is 31.2. The number of hydrogen-bond acceptors (Lipinski definition) is 1. The average Bonchev–Trinajstić information content (AvgIpc) is 3.22. The van der Waals surface area contributed by atoms with Crippen LogP contribution in [0.4, 0.5) is 43.9 Å². The molecule has 0 spiro atoms. The van der Waals surface area contributed by atoms with Gasteiger partial charge in [0.15, 0.2) is 0 Å². The van der Waals surface area contributed by atoms with Gasteiger partial charge in [-0.15, -0.1) is 11.3 Å². The van der Waals surface area contributed by atoms with Gasteiger partial charge in [0.2, 0.25) is 0 Å². The van der Waals surface area contributed by atoms with Crippen LogP contribution in [0.3, 0.4) is 0 Å². The zero-order valence-electron chi connectivity index (χ0n) is 21.8. The second-order valence-electron chi connectivity index (χ2n) is 9.52. The molecule has 0 radical (unpaired) electrons. The van der Waals surface area contributed by atoms with Crippen LogP contribution in [0, 0.1) is 52.6 Å². The predicted molar refractivity (Wildman–Crippen MR) is 145 cm³/mol. The smallest absolute Gasteiger partial charge is 0.206 e. The second-order valence-corrected chi connectivity index (χ2v) is 10.6. The number of hydrogen-bond donors (Lipinski definition) is 0. The van der Waals surface area contributed by atoms with Gasteiger partial charge in [-0.1, -0.05) is 31.4 Å². The van der Waals surface area contributed by atoms with Crippen molar-refractivity contribution >= 4 is 21.4 Å². The van der Waals surface area contributed by atoms with E-state index in [2.05, 4.69) is 0 Å². The average molecular weight is 623 g/mol. The van der Waals surface area contributed by atoms with Gasteiger partial charge in [0.05, 0.1) is 21.6 Å². The lowest BCUT2D eigenvalue weighted by atomic mass is 9.96. The quantitative estimate of drug-likeness (QED) is 0.135. The Labute approximate surface area is 242 Å². The maximum absolute atomic E-state index is 15.2. The summed E-state index contributed by atoms with van der Waals surface area (Å²) < 4.78 is 142. The zero-order valence-corrected chi connectivity index (χ0v) is 22.6. The lowest BCUT2D eigenvalue weighted by molar-refractivity contribution is -0.0696. The van der Waals surface area contributed by atoms with Gasteiger partial charge in [0, 0.05) is 21.6 Å². The molecule has 0 fully saturated rings. The fourth-order valence-corrected chi connectivity index (χ4v) is 5.82. The summed E-state index contributed by atoms with van der Waals surface area (Å²) in [7, 11) is 0. The fourth-order valence-electron chi connectivity index (χ4n) is 4.68. The molecule has 220 valence electrons. The fraction of sp³-hybridized carbons (Fsp3) is 0.125. The van der Waals surface area contributed by atoms with Crippen molar-refractivity contribution < 1.29 is 43.9 Å². The van der Waals surface area contributed by atoms with Gasteiger partial charge in [-0.2, -0.15) is 13.2 Å². The third-order valence-electron chi connectivity index (χ3n) is 6.53. The lowest BCUT2D eigenvalue weighted by Crippen LogP contribution is -2.03. The van der Waals surface area contributed by atoms with Crippen LogP contribution in [0.5, 0.6) is 0 Å². The van der Waals surface area contributed by atoms with E-state index in [-0.39, 0.29) is 15.8 Å². The number of fused-ring (bicyclic) bond motifs is 1. The molecule has 0 unspecified atom stereocenters. The van der Waals surface area contributed by atoms with Gasteiger partial charge < -0.3 is 0 Å². The maximum atomic E-state index is 15.2. The molecule has 1 aromatic heterocycles. The molecule has 4 aromatic carbocycles. The van der Waals surface area contributed by atoms with Crippen LogP contribution in [-0.2, 0) is 6.42 Å². The molecule has 0 bridgehead atoms. The van der Waals surface area contributed by atoms with Gasteiger partial charge in [0.25, 0.3) is 0 Å². The Morgan fingerprint density at radius 2 is 1.14 bits per heavy atom. The molecule has 43 heavy (non-hydrogen) atoms. The number of halogens is 10. The van der Waals surface area contributed by atoms with Crippen molar-refractivity contribution in [2.24, 2.45) is 0 Å². The minimum atomic E-state index is -5.04. The summed E-state index contributed by atoms with van der Waals surface area (Å²) in [6.07, 6.45) is -3.41. The number of benzene rings is 4. The Morgan fingerprint density at radius 1 is 0.651 bits per heavy atom. The number of alkyl halides is 3. The molecular weight excluding hydrogens is 606 g/mol. The van der Waals surface area contributed by atoms with Crippen LogP contribution in [0.15, 0.2) is 54.6 Å². The molecule has 0 saturated carbocycles. The van der Waals surface area contributed by atoms with Gasteiger partial charge in [0.1, 0.15) is 40.7 Å². The van der Waals surface area contributed by atoms with Crippen molar-refractivity contribution in [2.45, 2.75) is 25.9 Å². The van der Waals surface area contributed by atoms with Crippen molar-refractivity contribution in [1.29, 1.82) is 0 Å². The topological polar surface area (TPSA) is 0 Å². The maximum Gasteiger partial charge on any atom is 0.458 e. The molecule has 5 rings (SSSR count). The first-order valence-electron chi connectivity index (χ1n) is 12.6. The van der Waals surface area contributed by atoms with E-state index in [1.165, 1.54) is 5.92 Å². The highest BCUT2D eigenvalue weighted by atomic mass is 32.1. The van der Waals surface area contributed by atoms with Crippen molar-refractivity contribution in [3.63, 3.8) is 0 Å². The highest BCUT2D eigenvalue weighted by Gasteiger charge is 2.25. The minimum Gasteiger partial charge on any atom is -0.206 e. The summed E-state index contributed by atoms with van der Waals surface area (Å²) in [6.45, 7) is 1.99. The third-order valence-corrected chi connectivity index (χ3v) is 7.70. The summed E-state index contributed by atoms with van der Waals surface area (Å²) in [6, 6.07) is 8.63. The van der Waals surface area contributed by atoms with E-state index in [1.54, 1.807) is 18.2 Å². The number of rotatable bonds is 5. The first kappa shape index (κ1) is 30.2. The Balaban J connectivity index is 1.53. The highest BCUT2D eigenvalue weighted by Crippen LogP contribution is 2.41. The molecule has 0 aliphatic carbocycles. The van der Waals surface area contributed by atoms with Crippen LogP contribution in [0.2, 0.25) is 0 Å². The SMILES string of the molecule is CCCc1ccc2c(F)c(-c3cc(F)c(-c4cc(F)c(-c5cc(F)c(C#CC(F)(F)F)c(F)c5)c(F)c4)c(F)c3)sc2c1. The van der Waals surface area contributed by atoms with E-state index < -0.39 is 74.7 Å². The molecule has 0 aliphatic heterocycles. The van der Waals surface area contributed by atoms with E-state index >= 15 is 22.0 Å². The van der Waals surface area contributed by atoms with Gasteiger partial charge in [-0.25, -0.2) is 30.7 Å². The summed E-state index contributed by atoms with van der Waals surface area (Å²) in [5.74, 6) is -7.36. The van der Waals surface area contributed by atoms with Crippen molar-refractivity contribution in [1.82, 2.24) is 0 Å². The van der Waals surface area contributed by atoms with E-state index in [9.17, 15) is 22.0 Å². The van der Waals surface area contributed by atoms with E-state index in [0.29, 0.717) is 34.9 Å². The van der Waals surface area contributed by atoms with Crippen LogP contribution in [0.1, 0.15) is 24.5 Å². The number of thiophene rings is 1. The highest BCUT2D eigenvalue weighted by molar-refractivity contribution is 7.22. The van der Waals surface area contributed by atoms with Crippen molar-refractivity contribution in [3.8, 4) is 44.5 Å². The molecule has 0 nitrogen and oxygen atoms in total. The molecule has 0 saturated heterocycles. The molecule has 0 amide bonds. The van der Waals surface area contributed by atoms with E-state index in [4.69, 9.17) is 0 Å². The van der Waals surface area contributed by atoms with E-state index in [1.807, 2.05) is 6.92 Å². The normalized spacial score (nSPS) is 11.6. The number of aryl methyl sites for hydroxylation is 1. The molecular formula is C32H16F10S. The third kappa shape index (κ3) is 5.97. The van der Waals surface area contributed by atoms with E-state index in [0.717, 1.165) is 41.9 Å². The monoisotopic (exact) mass is 622 g/mol. The van der Waals surface area contributed by atoms with Crippen LogP contribution in [0.25, 0.3) is 42.8 Å². The Morgan fingerprint density at radius 3 is 1.63 bits per heavy atom. The molecule has 5 aromatic rings. The van der Waals surface area contributed by atoms with Gasteiger partial charge in [-0.3, -0.25) is 0 Å². The molecule has 1 heterocycles. The second kappa shape index (κ2) is 11.4. The Hall–Kier alpha value is -4.30. The van der Waals surface area contributed by atoms with Gasteiger partial charge >= 0.3 is 6.18 Å². The van der Waals surface area contributed by atoms with Crippen LogP contribution >= 0.6 is 11.3 Å². The molecule has 0 atom stereocenters. The van der Waals surface area contributed by atoms with Crippen LogP contribution < -0.4 is 0 Å². The predicted octanol–water partition coefficient (Wildman–Crippen LogP) is 10.7. The summed E-state index contributed by atoms with van der Waals surface area (Å²) in [4.78, 5) is -0.0341. The Kier molecular flexibility index (Phi) is 8.01. The largest absolute Gasteiger partial charge is 0.458 e. The van der Waals surface area contributed by atoms with Gasteiger partial charge in [-0.05, 0) is 65.6 Å². The van der Waals surface area contributed by atoms with Crippen molar-refractivity contribution in [3.05, 3.63) is 106 Å². The minimum absolute atomic E-state index is 0.0341. The van der Waals surface area contributed by atoms with Crippen LogP contribution in [-0.4, -0.2) is 6.18 Å². The molecule has 0 aliphatic rings. The summed E-state index contributed by atoms with van der Waals surface area (Å²) in [5, 5.41) is 0.276. The standard InChI is InChI=1S/C32H16F10S/c1-2-3-15-4-5-20-27(8-15)43-31(30(20)39)18-13-25(37)29(26(38)14-18)17-11-23(35)28(24(36)12-17)16-9-21(33)19(22(34)10-16)6-7-32(40,41)42/h4-5,8-14H,2-3H2,1H3. The lowest BCUT2D eigenvalue weighted by Gasteiger charge is -2.12. The molecule has 0 N–H and O–H groups in total. The Bertz CT molecular complexity index is 1890. The molecule has 11 heteroatoms. The first-order chi connectivity index (χ1) is 20.3. The van der Waals surface area contributed by atoms with Crippen molar-refractivity contribution in [2.75, 3.05) is 0 Å².